The number of halogens is 1. The van der Waals surface area contributed by atoms with Gasteiger partial charge in [0.2, 0.25) is 0 Å². The van der Waals surface area contributed by atoms with Crippen molar-refractivity contribution in [2.45, 2.75) is 10.6 Å². The maximum atomic E-state index is 13.6. The number of carbonyl (C=O) groups excluding carboxylic acids is 1. The predicted octanol–water partition coefficient (Wildman–Crippen LogP) is 5.28. The summed E-state index contributed by atoms with van der Waals surface area (Å²) in [5.41, 5.74) is 1.51. The topological polar surface area (TPSA) is 72.2 Å². The first kappa shape index (κ1) is 18.6. The number of benzene rings is 3. The van der Waals surface area contributed by atoms with E-state index in [1.807, 2.05) is 12.1 Å². The highest BCUT2D eigenvalue weighted by atomic mass is 32.2. The zero-order valence-electron chi connectivity index (χ0n) is 14.1. The highest BCUT2D eigenvalue weighted by Crippen LogP contribution is 2.25. The molecule has 3 rings (SSSR count). The molecule has 0 radical (unpaired) electrons. The van der Waals surface area contributed by atoms with E-state index in [4.69, 9.17) is 0 Å². The van der Waals surface area contributed by atoms with Gasteiger partial charge < -0.3 is 5.32 Å². The second kappa shape index (κ2) is 8.46. The molecule has 0 heterocycles. The number of anilines is 1. The highest BCUT2D eigenvalue weighted by Gasteiger charge is 2.10. The van der Waals surface area contributed by atoms with Gasteiger partial charge in [0.25, 0.3) is 11.6 Å². The highest BCUT2D eigenvalue weighted by molar-refractivity contribution is 7.98. The zero-order chi connectivity index (χ0) is 19.2. The summed E-state index contributed by atoms with van der Waals surface area (Å²) in [6, 6.07) is 19.2. The van der Waals surface area contributed by atoms with Crippen molar-refractivity contribution in [1.29, 1.82) is 0 Å². The van der Waals surface area contributed by atoms with Gasteiger partial charge in [0, 0.05) is 34.0 Å². The van der Waals surface area contributed by atoms with Crippen LogP contribution < -0.4 is 5.32 Å². The number of non-ortho nitro benzene ring substituents is 1. The van der Waals surface area contributed by atoms with E-state index in [0.717, 1.165) is 4.90 Å². The third-order valence-electron chi connectivity index (χ3n) is 3.80. The van der Waals surface area contributed by atoms with Crippen LogP contribution in [-0.4, -0.2) is 10.8 Å². The Morgan fingerprint density at radius 1 is 1.00 bits per heavy atom. The first-order valence-electron chi connectivity index (χ1n) is 8.05. The second-order valence-electron chi connectivity index (χ2n) is 5.66. The van der Waals surface area contributed by atoms with Crippen LogP contribution in [0.5, 0.6) is 0 Å². The quantitative estimate of drug-likeness (QED) is 0.358. The molecular weight excluding hydrogens is 367 g/mol. The minimum atomic E-state index is -0.514. The second-order valence-corrected chi connectivity index (χ2v) is 6.71. The number of hydrogen-bond acceptors (Lipinski definition) is 4. The summed E-state index contributed by atoms with van der Waals surface area (Å²) >= 11 is 1.50. The van der Waals surface area contributed by atoms with Gasteiger partial charge in [-0.1, -0.05) is 18.2 Å². The SMILES string of the molecule is O=C(Nc1ccc(SCc2ccccc2F)cc1)c1ccc([N+](=O)[O-])cc1. The monoisotopic (exact) mass is 382 g/mol. The number of nitro benzene ring substituents is 1. The molecule has 0 atom stereocenters. The van der Waals surface area contributed by atoms with E-state index in [1.165, 1.54) is 42.1 Å². The maximum Gasteiger partial charge on any atom is 0.269 e. The molecule has 0 saturated heterocycles. The van der Waals surface area contributed by atoms with E-state index >= 15 is 0 Å². The average Bonchev–Trinajstić information content (AvgIpc) is 2.68. The van der Waals surface area contributed by atoms with Crippen LogP contribution >= 0.6 is 11.8 Å². The van der Waals surface area contributed by atoms with Crippen LogP contribution in [0.3, 0.4) is 0 Å². The first-order chi connectivity index (χ1) is 13.0. The molecule has 0 bridgehead atoms. The third-order valence-corrected chi connectivity index (χ3v) is 4.87. The summed E-state index contributed by atoms with van der Waals surface area (Å²) in [5.74, 6) is -0.0603. The van der Waals surface area contributed by atoms with Crippen LogP contribution in [0.15, 0.2) is 77.7 Å². The van der Waals surface area contributed by atoms with Gasteiger partial charge in [0.05, 0.1) is 4.92 Å². The summed E-state index contributed by atoms with van der Waals surface area (Å²) in [4.78, 5) is 23.3. The lowest BCUT2D eigenvalue weighted by molar-refractivity contribution is -0.384. The van der Waals surface area contributed by atoms with E-state index in [9.17, 15) is 19.3 Å². The van der Waals surface area contributed by atoms with Gasteiger partial charge in [-0.2, -0.15) is 0 Å². The molecule has 0 fully saturated rings. The van der Waals surface area contributed by atoms with Crippen LogP contribution in [-0.2, 0) is 5.75 Å². The number of amides is 1. The average molecular weight is 382 g/mol. The molecule has 3 aromatic rings. The molecule has 0 aliphatic carbocycles. The third kappa shape index (κ3) is 4.92. The molecule has 1 amide bonds. The molecule has 5 nitrogen and oxygen atoms in total. The van der Waals surface area contributed by atoms with E-state index in [0.29, 0.717) is 22.6 Å². The first-order valence-corrected chi connectivity index (χ1v) is 9.03. The molecule has 3 aromatic carbocycles. The van der Waals surface area contributed by atoms with Crippen LogP contribution in [0.4, 0.5) is 15.8 Å². The minimum Gasteiger partial charge on any atom is -0.322 e. The number of carbonyl (C=O) groups is 1. The number of hydrogen-bond donors (Lipinski definition) is 1. The van der Waals surface area contributed by atoms with Gasteiger partial charge in [0.1, 0.15) is 5.82 Å². The summed E-state index contributed by atoms with van der Waals surface area (Å²) in [6.45, 7) is 0. The summed E-state index contributed by atoms with van der Waals surface area (Å²) < 4.78 is 13.6. The molecule has 0 aliphatic rings. The van der Waals surface area contributed by atoms with E-state index in [2.05, 4.69) is 5.32 Å². The van der Waals surface area contributed by atoms with Crippen LogP contribution in [0.2, 0.25) is 0 Å². The Morgan fingerprint density at radius 3 is 2.30 bits per heavy atom. The summed E-state index contributed by atoms with van der Waals surface area (Å²) in [6.07, 6.45) is 0. The van der Waals surface area contributed by atoms with Crippen molar-refractivity contribution in [2.24, 2.45) is 0 Å². The molecule has 136 valence electrons. The Hall–Kier alpha value is -3.19. The number of rotatable bonds is 6. The summed E-state index contributed by atoms with van der Waals surface area (Å²) in [5, 5.41) is 13.4. The zero-order valence-corrected chi connectivity index (χ0v) is 14.9. The Bertz CT molecular complexity index is 960. The standard InChI is InChI=1S/C20H15FN2O3S/c21-19-4-2-1-3-15(19)13-27-18-11-7-16(8-12-18)22-20(24)14-5-9-17(10-6-14)23(25)26/h1-12H,13H2,(H,22,24). The van der Waals surface area contributed by atoms with Crippen molar-refractivity contribution in [1.82, 2.24) is 0 Å². The lowest BCUT2D eigenvalue weighted by atomic mass is 10.2. The minimum absolute atomic E-state index is 0.0669. The molecule has 27 heavy (non-hydrogen) atoms. The smallest absolute Gasteiger partial charge is 0.269 e. The predicted molar refractivity (Wildman–Crippen MR) is 103 cm³/mol. The van der Waals surface area contributed by atoms with E-state index in [1.54, 1.807) is 30.3 Å². The van der Waals surface area contributed by atoms with Gasteiger partial charge in [0.15, 0.2) is 0 Å². The molecule has 0 saturated carbocycles. The van der Waals surface area contributed by atoms with Crippen molar-refractivity contribution in [2.75, 3.05) is 5.32 Å². The van der Waals surface area contributed by atoms with Crippen molar-refractivity contribution in [3.05, 3.63) is 99.9 Å². The number of nitrogens with zero attached hydrogens (tertiary/aromatic N) is 1. The van der Waals surface area contributed by atoms with Crippen molar-refractivity contribution >= 4 is 29.0 Å². The fourth-order valence-corrected chi connectivity index (χ4v) is 3.23. The molecule has 0 aromatic heterocycles. The molecule has 0 aliphatic heterocycles. The van der Waals surface area contributed by atoms with Gasteiger partial charge in [-0.25, -0.2) is 4.39 Å². The fourth-order valence-electron chi connectivity index (χ4n) is 2.35. The van der Waals surface area contributed by atoms with Crippen LogP contribution in [0.25, 0.3) is 0 Å². The van der Waals surface area contributed by atoms with Gasteiger partial charge in [-0.3, -0.25) is 14.9 Å². The van der Waals surface area contributed by atoms with Crippen molar-refractivity contribution in [3.8, 4) is 0 Å². The molecule has 0 spiro atoms. The Kier molecular flexibility index (Phi) is 5.83. The van der Waals surface area contributed by atoms with Gasteiger partial charge >= 0.3 is 0 Å². The Morgan fingerprint density at radius 2 is 1.67 bits per heavy atom. The molecule has 7 heteroatoms. The lowest BCUT2D eigenvalue weighted by Gasteiger charge is -2.07. The van der Waals surface area contributed by atoms with E-state index in [-0.39, 0.29) is 17.4 Å². The van der Waals surface area contributed by atoms with Gasteiger partial charge in [-0.15, -0.1) is 11.8 Å². The Labute approximate surface area is 159 Å². The number of nitro groups is 1. The molecule has 1 N–H and O–H groups in total. The largest absolute Gasteiger partial charge is 0.322 e. The summed E-state index contributed by atoms with van der Waals surface area (Å²) in [7, 11) is 0. The van der Waals surface area contributed by atoms with E-state index < -0.39 is 4.92 Å². The van der Waals surface area contributed by atoms with Crippen molar-refractivity contribution < 1.29 is 14.1 Å². The molecule has 0 unspecified atom stereocenters. The Balaban J connectivity index is 1.59. The number of nitrogens with one attached hydrogen (secondary N) is 1. The van der Waals surface area contributed by atoms with Crippen LogP contribution in [0.1, 0.15) is 15.9 Å². The van der Waals surface area contributed by atoms with Gasteiger partial charge in [-0.05, 0) is 48.0 Å². The lowest BCUT2D eigenvalue weighted by Crippen LogP contribution is -2.11. The van der Waals surface area contributed by atoms with Crippen LogP contribution in [0, 0.1) is 15.9 Å². The fraction of sp³-hybridized carbons (Fsp3) is 0.0500. The van der Waals surface area contributed by atoms with Crippen molar-refractivity contribution in [3.63, 3.8) is 0 Å². The normalized spacial score (nSPS) is 10.4. The number of thioether (sulfide) groups is 1. The maximum absolute atomic E-state index is 13.6. The molecular formula is C20H15FN2O3S.